The van der Waals surface area contributed by atoms with Crippen LogP contribution in [0.25, 0.3) is 11.1 Å². The zero-order chi connectivity index (χ0) is 14.7. The summed E-state index contributed by atoms with van der Waals surface area (Å²) in [5, 5.41) is 7.81. The molecule has 1 amide bonds. The van der Waals surface area contributed by atoms with Gasteiger partial charge in [-0.3, -0.25) is 4.79 Å². The molecule has 0 unspecified atom stereocenters. The van der Waals surface area contributed by atoms with E-state index in [-0.39, 0.29) is 11.3 Å². The molecule has 0 aliphatic heterocycles. The van der Waals surface area contributed by atoms with E-state index in [1.54, 1.807) is 6.20 Å². The molecular weight excluding hydrogens is 278 g/mol. The van der Waals surface area contributed by atoms with Gasteiger partial charge in [0.25, 0.3) is 5.71 Å². The van der Waals surface area contributed by atoms with Crippen molar-refractivity contribution in [1.29, 1.82) is 0 Å². The van der Waals surface area contributed by atoms with Gasteiger partial charge < -0.3 is 9.84 Å². The average Bonchev–Trinajstić information content (AvgIpc) is 2.89. The Morgan fingerprint density at radius 2 is 1.86 bits per heavy atom. The molecule has 6 rings (SSSR count). The van der Waals surface area contributed by atoms with Gasteiger partial charge in [0, 0.05) is 6.20 Å². The van der Waals surface area contributed by atoms with Crippen molar-refractivity contribution in [3.8, 4) is 0 Å². The molecule has 2 aromatic heterocycles. The molecular formula is C17H19N3O2. The Morgan fingerprint density at radius 3 is 2.55 bits per heavy atom. The summed E-state index contributed by atoms with van der Waals surface area (Å²) in [6.45, 7) is 0. The Hall–Kier alpha value is -1.91. The number of carbonyl (C=O) groups is 1. The first-order chi connectivity index (χ1) is 10.7. The first-order valence-corrected chi connectivity index (χ1v) is 8.24. The molecule has 0 radical (unpaired) electrons. The molecule has 22 heavy (non-hydrogen) atoms. The Bertz CT molecular complexity index is 716. The molecule has 0 spiro atoms. The number of nitrogens with zero attached hydrogens (tertiary/aromatic N) is 2. The van der Waals surface area contributed by atoms with E-state index in [0.29, 0.717) is 11.5 Å². The molecule has 2 heterocycles. The zero-order valence-electron chi connectivity index (χ0n) is 12.4. The second kappa shape index (κ2) is 4.31. The van der Waals surface area contributed by atoms with Gasteiger partial charge in [-0.25, -0.2) is 4.98 Å². The van der Waals surface area contributed by atoms with Crippen LogP contribution in [0, 0.1) is 23.2 Å². The third-order valence-electron chi connectivity index (χ3n) is 6.00. The van der Waals surface area contributed by atoms with E-state index in [2.05, 4.69) is 15.5 Å². The number of nitrogens with one attached hydrogen (secondary N) is 1. The Balaban J connectivity index is 1.45. The molecule has 114 valence electrons. The third-order valence-corrected chi connectivity index (χ3v) is 6.00. The zero-order valence-corrected chi connectivity index (χ0v) is 12.4. The van der Waals surface area contributed by atoms with Gasteiger partial charge in [0.05, 0.1) is 10.8 Å². The van der Waals surface area contributed by atoms with E-state index in [0.717, 1.165) is 42.4 Å². The van der Waals surface area contributed by atoms with Crippen LogP contribution in [0.1, 0.15) is 38.5 Å². The van der Waals surface area contributed by atoms with Gasteiger partial charge >= 0.3 is 0 Å². The molecule has 0 saturated heterocycles. The highest BCUT2D eigenvalue weighted by Gasteiger charge is 2.54. The molecule has 0 atom stereocenters. The summed E-state index contributed by atoms with van der Waals surface area (Å²) in [5.74, 6) is 2.93. The summed E-state index contributed by atoms with van der Waals surface area (Å²) in [7, 11) is 0. The monoisotopic (exact) mass is 297 g/mol. The SMILES string of the molecule is O=C(Nc1noc2ncccc12)C12CC3CC(CC(C3)C1)C2. The van der Waals surface area contributed by atoms with Crippen molar-refractivity contribution in [2.24, 2.45) is 23.2 Å². The number of carbonyl (C=O) groups excluding carboxylic acids is 1. The van der Waals surface area contributed by atoms with Crippen LogP contribution in [0.5, 0.6) is 0 Å². The second-order valence-electron chi connectivity index (χ2n) is 7.54. The fraction of sp³-hybridized carbons (Fsp3) is 0.588. The number of hydrogen-bond acceptors (Lipinski definition) is 4. The lowest BCUT2D eigenvalue weighted by Crippen LogP contribution is -2.51. The lowest BCUT2D eigenvalue weighted by atomic mass is 9.49. The standard InChI is InChI=1S/C17H19N3O2/c21-16(19-14-13-2-1-3-18-15(13)22-20-14)17-7-10-4-11(8-17)6-12(5-10)9-17/h1-3,10-12H,4-9H2,(H,19,20,21). The fourth-order valence-corrected chi connectivity index (χ4v) is 5.50. The molecule has 4 fully saturated rings. The lowest BCUT2D eigenvalue weighted by molar-refractivity contribution is -0.140. The minimum absolute atomic E-state index is 0.144. The first kappa shape index (κ1) is 12.6. The predicted octanol–water partition coefficient (Wildman–Crippen LogP) is 3.38. The Kier molecular flexibility index (Phi) is 2.47. The number of anilines is 1. The van der Waals surface area contributed by atoms with Crippen molar-refractivity contribution in [1.82, 2.24) is 10.1 Å². The van der Waals surface area contributed by atoms with E-state index in [9.17, 15) is 4.79 Å². The summed E-state index contributed by atoms with van der Waals surface area (Å²) in [5.41, 5.74) is 0.311. The van der Waals surface area contributed by atoms with Crippen LogP contribution >= 0.6 is 0 Å². The molecule has 2 aromatic rings. The van der Waals surface area contributed by atoms with Gasteiger partial charge in [-0.1, -0.05) is 5.16 Å². The maximum atomic E-state index is 13.0. The van der Waals surface area contributed by atoms with Gasteiger partial charge in [0.15, 0.2) is 5.82 Å². The Labute approximate surface area is 128 Å². The van der Waals surface area contributed by atoms with E-state index in [4.69, 9.17) is 4.52 Å². The number of pyridine rings is 1. The van der Waals surface area contributed by atoms with E-state index in [1.165, 1.54) is 19.3 Å². The van der Waals surface area contributed by atoms with Gasteiger partial charge in [0.1, 0.15) is 0 Å². The van der Waals surface area contributed by atoms with Crippen LogP contribution in [0.15, 0.2) is 22.9 Å². The molecule has 0 aromatic carbocycles. The Morgan fingerprint density at radius 1 is 1.18 bits per heavy atom. The maximum Gasteiger partial charge on any atom is 0.259 e. The van der Waals surface area contributed by atoms with Crippen molar-refractivity contribution in [3.05, 3.63) is 18.3 Å². The van der Waals surface area contributed by atoms with Crippen molar-refractivity contribution in [3.63, 3.8) is 0 Å². The summed E-state index contributed by atoms with van der Waals surface area (Å²) < 4.78 is 5.19. The fourth-order valence-electron chi connectivity index (χ4n) is 5.50. The second-order valence-corrected chi connectivity index (χ2v) is 7.54. The number of fused-ring (bicyclic) bond motifs is 1. The summed E-state index contributed by atoms with van der Waals surface area (Å²) >= 11 is 0. The highest BCUT2D eigenvalue weighted by Crippen LogP contribution is 2.60. The van der Waals surface area contributed by atoms with Crippen LogP contribution in [0.3, 0.4) is 0 Å². The smallest absolute Gasteiger partial charge is 0.259 e. The van der Waals surface area contributed by atoms with Crippen molar-refractivity contribution in [2.45, 2.75) is 38.5 Å². The van der Waals surface area contributed by atoms with Crippen LogP contribution in [-0.4, -0.2) is 16.0 Å². The molecule has 4 bridgehead atoms. The molecule has 4 aliphatic carbocycles. The molecule has 5 heteroatoms. The lowest BCUT2D eigenvalue weighted by Gasteiger charge is -2.55. The molecule has 4 saturated carbocycles. The van der Waals surface area contributed by atoms with E-state index >= 15 is 0 Å². The van der Waals surface area contributed by atoms with Gasteiger partial charge in [0.2, 0.25) is 5.91 Å². The highest BCUT2D eigenvalue weighted by molar-refractivity contribution is 6.00. The minimum atomic E-state index is -0.164. The van der Waals surface area contributed by atoms with Gasteiger partial charge in [-0.2, -0.15) is 0 Å². The van der Waals surface area contributed by atoms with E-state index in [1.807, 2.05) is 12.1 Å². The van der Waals surface area contributed by atoms with Gasteiger partial charge in [-0.15, -0.1) is 0 Å². The first-order valence-electron chi connectivity index (χ1n) is 8.24. The van der Waals surface area contributed by atoms with E-state index < -0.39 is 0 Å². The normalized spacial score (nSPS) is 35.9. The van der Waals surface area contributed by atoms with Crippen LogP contribution < -0.4 is 5.32 Å². The van der Waals surface area contributed by atoms with Crippen molar-refractivity contribution >= 4 is 22.8 Å². The molecule has 1 N–H and O–H groups in total. The maximum absolute atomic E-state index is 13.0. The molecule has 4 aliphatic rings. The number of rotatable bonds is 2. The summed E-state index contributed by atoms with van der Waals surface area (Å²) in [4.78, 5) is 17.1. The van der Waals surface area contributed by atoms with Gasteiger partial charge in [-0.05, 0) is 68.4 Å². The van der Waals surface area contributed by atoms with Crippen LogP contribution in [0.4, 0.5) is 5.82 Å². The highest BCUT2D eigenvalue weighted by atomic mass is 16.5. The summed E-state index contributed by atoms with van der Waals surface area (Å²) in [6, 6.07) is 3.72. The number of aromatic nitrogens is 2. The predicted molar refractivity (Wildman–Crippen MR) is 81.0 cm³/mol. The average molecular weight is 297 g/mol. The third kappa shape index (κ3) is 1.74. The van der Waals surface area contributed by atoms with Crippen molar-refractivity contribution in [2.75, 3.05) is 5.32 Å². The number of hydrogen-bond donors (Lipinski definition) is 1. The van der Waals surface area contributed by atoms with Crippen LogP contribution in [-0.2, 0) is 4.79 Å². The topological polar surface area (TPSA) is 68.0 Å². The van der Waals surface area contributed by atoms with Crippen LogP contribution in [0.2, 0.25) is 0 Å². The largest absolute Gasteiger partial charge is 0.334 e. The minimum Gasteiger partial charge on any atom is -0.334 e. The number of amides is 1. The summed E-state index contributed by atoms with van der Waals surface area (Å²) in [6.07, 6.45) is 8.84. The molecule has 5 nitrogen and oxygen atoms in total. The van der Waals surface area contributed by atoms with Crippen molar-refractivity contribution < 1.29 is 9.32 Å². The quantitative estimate of drug-likeness (QED) is 0.922.